The highest BCUT2D eigenvalue weighted by Crippen LogP contribution is 2.19. The van der Waals surface area contributed by atoms with Crippen molar-refractivity contribution in [1.82, 2.24) is 10.2 Å². The first kappa shape index (κ1) is 12.1. The smallest absolute Gasteiger partial charge is 0.258 e. The van der Waals surface area contributed by atoms with E-state index < -0.39 is 11.7 Å². The topological polar surface area (TPSA) is 81.6 Å². The molecule has 0 atom stereocenters. The Bertz CT molecular complexity index is 647. The summed E-state index contributed by atoms with van der Waals surface area (Å²) in [5.41, 5.74) is 0.304. The van der Waals surface area contributed by atoms with Gasteiger partial charge in [-0.15, -0.1) is 0 Å². The lowest BCUT2D eigenvalue weighted by molar-refractivity contribution is 0.102. The third kappa shape index (κ3) is 2.31. The molecule has 1 aromatic carbocycles. The number of halogens is 2. The highest BCUT2D eigenvalue weighted by atomic mass is 35.5. The van der Waals surface area contributed by atoms with Crippen LogP contribution in [0, 0.1) is 17.1 Å². The van der Waals surface area contributed by atoms with Crippen LogP contribution in [0.2, 0.25) is 5.02 Å². The molecular weight excluding hydrogens is 259 g/mol. The number of nitrogens with zero attached hydrogens (tertiary/aromatic N) is 2. The lowest BCUT2D eigenvalue weighted by Gasteiger charge is -2.05. The molecule has 0 bridgehead atoms. The lowest BCUT2D eigenvalue weighted by atomic mass is 10.2. The summed E-state index contributed by atoms with van der Waals surface area (Å²) < 4.78 is 12.8. The minimum absolute atomic E-state index is 0.00878. The molecule has 0 spiro atoms. The predicted molar refractivity (Wildman–Crippen MR) is 62.7 cm³/mol. The average molecular weight is 265 g/mol. The van der Waals surface area contributed by atoms with Gasteiger partial charge in [0.1, 0.15) is 23.3 Å². The molecule has 5 nitrogen and oxygen atoms in total. The summed E-state index contributed by atoms with van der Waals surface area (Å²) in [6.07, 6.45) is 1.28. The Balaban J connectivity index is 2.25. The monoisotopic (exact) mass is 264 g/mol. The molecule has 1 amide bonds. The second-order valence-corrected chi connectivity index (χ2v) is 3.76. The van der Waals surface area contributed by atoms with Gasteiger partial charge in [0.15, 0.2) is 0 Å². The van der Waals surface area contributed by atoms with Gasteiger partial charge in [-0.25, -0.2) is 4.39 Å². The summed E-state index contributed by atoms with van der Waals surface area (Å²) in [7, 11) is 0. The summed E-state index contributed by atoms with van der Waals surface area (Å²) >= 11 is 5.75. The van der Waals surface area contributed by atoms with Crippen LogP contribution >= 0.6 is 11.6 Å². The van der Waals surface area contributed by atoms with Gasteiger partial charge >= 0.3 is 0 Å². The number of rotatable bonds is 2. The molecule has 2 rings (SSSR count). The number of amides is 1. The number of nitriles is 1. The van der Waals surface area contributed by atoms with Crippen molar-refractivity contribution in [3.8, 4) is 6.07 Å². The van der Waals surface area contributed by atoms with Crippen molar-refractivity contribution in [2.24, 2.45) is 0 Å². The number of hydrogen-bond acceptors (Lipinski definition) is 3. The first-order valence-electron chi connectivity index (χ1n) is 4.81. The van der Waals surface area contributed by atoms with Crippen molar-refractivity contribution in [3.05, 3.63) is 46.4 Å². The highest BCUT2D eigenvalue weighted by Gasteiger charge is 2.14. The summed E-state index contributed by atoms with van der Waals surface area (Å²) in [6, 6.07) is 5.27. The second-order valence-electron chi connectivity index (χ2n) is 3.35. The van der Waals surface area contributed by atoms with Crippen LogP contribution in [-0.4, -0.2) is 16.1 Å². The van der Waals surface area contributed by atoms with E-state index in [1.807, 2.05) is 6.07 Å². The molecule has 7 heteroatoms. The molecule has 0 aliphatic rings. The van der Waals surface area contributed by atoms with E-state index in [1.54, 1.807) is 0 Å². The number of H-pyrrole nitrogens is 1. The zero-order valence-corrected chi connectivity index (χ0v) is 9.62. The quantitative estimate of drug-likeness (QED) is 0.873. The van der Waals surface area contributed by atoms with Gasteiger partial charge in [-0.3, -0.25) is 9.89 Å². The molecule has 0 saturated heterocycles. The average Bonchev–Trinajstić information content (AvgIpc) is 2.76. The van der Waals surface area contributed by atoms with E-state index in [0.29, 0.717) is 0 Å². The molecular formula is C11H6ClFN4O. The Hall–Kier alpha value is -2.39. The minimum atomic E-state index is -0.555. The number of carbonyl (C=O) groups excluding carboxylic acids is 1. The maximum atomic E-state index is 12.8. The molecule has 0 fully saturated rings. The van der Waals surface area contributed by atoms with Crippen LogP contribution in [0.5, 0.6) is 0 Å². The van der Waals surface area contributed by atoms with E-state index in [4.69, 9.17) is 16.9 Å². The summed E-state index contributed by atoms with van der Waals surface area (Å²) in [5, 5.41) is 17.3. The third-order valence-electron chi connectivity index (χ3n) is 2.17. The molecule has 1 aromatic heterocycles. The van der Waals surface area contributed by atoms with Crippen molar-refractivity contribution < 1.29 is 9.18 Å². The van der Waals surface area contributed by atoms with Crippen molar-refractivity contribution in [1.29, 1.82) is 5.26 Å². The normalized spacial score (nSPS) is 9.83. The first-order valence-corrected chi connectivity index (χ1v) is 5.19. The highest BCUT2D eigenvalue weighted by molar-refractivity contribution is 6.34. The Morgan fingerprint density at radius 2 is 2.33 bits per heavy atom. The summed E-state index contributed by atoms with van der Waals surface area (Å²) in [6.45, 7) is 0. The summed E-state index contributed by atoms with van der Waals surface area (Å²) in [4.78, 5) is 11.8. The predicted octanol–water partition coefficient (Wildman–Crippen LogP) is 2.33. The fourth-order valence-corrected chi connectivity index (χ4v) is 1.57. The van der Waals surface area contributed by atoms with E-state index in [2.05, 4.69) is 15.5 Å². The van der Waals surface area contributed by atoms with Gasteiger partial charge in [0.25, 0.3) is 5.91 Å². The van der Waals surface area contributed by atoms with Crippen LogP contribution < -0.4 is 5.32 Å². The number of nitrogens with one attached hydrogen (secondary N) is 2. The maximum absolute atomic E-state index is 12.8. The van der Waals surface area contributed by atoms with Crippen LogP contribution in [0.1, 0.15) is 15.9 Å². The van der Waals surface area contributed by atoms with Gasteiger partial charge in [-0.2, -0.15) is 10.4 Å². The van der Waals surface area contributed by atoms with Gasteiger partial charge in [0.05, 0.1) is 16.8 Å². The molecule has 2 N–H and O–H groups in total. The Morgan fingerprint density at radius 3 is 3.00 bits per heavy atom. The molecule has 0 unspecified atom stereocenters. The molecule has 0 aliphatic carbocycles. The number of benzene rings is 1. The number of carbonyl (C=O) groups is 1. The van der Waals surface area contributed by atoms with Gasteiger partial charge < -0.3 is 5.32 Å². The van der Waals surface area contributed by atoms with Crippen LogP contribution in [0.25, 0.3) is 0 Å². The maximum Gasteiger partial charge on any atom is 0.258 e. The van der Waals surface area contributed by atoms with Gasteiger partial charge in [0.2, 0.25) is 0 Å². The molecule has 1 heterocycles. The van der Waals surface area contributed by atoms with E-state index in [-0.39, 0.29) is 22.0 Å². The van der Waals surface area contributed by atoms with Crippen LogP contribution in [-0.2, 0) is 0 Å². The standard InChI is InChI=1S/C11H6ClFN4O/c12-9-3-7(13)1-2-8(9)11(18)16-10-6(4-14)5-15-17-10/h1-3,5H,(H2,15,16,17,18). The number of aromatic amines is 1. The van der Waals surface area contributed by atoms with Crippen molar-refractivity contribution in [3.63, 3.8) is 0 Å². The number of aromatic nitrogens is 2. The Labute approximate surface area is 106 Å². The molecule has 18 heavy (non-hydrogen) atoms. The fraction of sp³-hybridized carbons (Fsp3) is 0. The fourth-order valence-electron chi connectivity index (χ4n) is 1.32. The largest absolute Gasteiger partial charge is 0.306 e. The second kappa shape index (κ2) is 4.85. The molecule has 2 aromatic rings. The van der Waals surface area contributed by atoms with Gasteiger partial charge in [0, 0.05) is 0 Å². The van der Waals surface area contributed by atoms with Crippen LogP contribution in [0.4, 0.5) is 10.2 Å². The zero-order valence-electron chi connectivity index (χ0n) is 8.87. The van der Waals surface area contributed by atoms with E-state index in [9.17, 15) is 9.18 Å². The number of anilines is 1. The molecule has 0 aliphatic heterocycles. The minimum Gasteiger partial charge on any atom is -0.306 e. The number of hydrogen-bond donors (Lipinski definition) is 2. The lowest BCUT2D eigenvalue weighted by Crippen LogP contribution is -2.13. The van der Waals surface area contributed by atoms with E-state index in [1.165, 1.54) is 12.3 Å². The van der Waals surface area contributed by atoms with Crippen LogP contribution in [0.15, 0.2) is 24.4 Å². The zero-order chi connectivity index (χ0) is 13.1. The van der Waals surface area contributed by atoms with E-state index in [0.717, 1.165) is 12.1 Å². The van der Waals surface area contributed by atoms with Gasteiger partial charge in [-0.1, -0.05) is 11.6 Å². The third-order valence-corrected chi connectivity index (χ3v) is 2.49. The van der Waals surface area contributed by atoms with Gasteiger partial charge in [-0.05, 0) is 18.2 Å². The molecule has 0 radical (unpaired) electrons. The molecule has 0 saturated carbocycles. The first-order chi connectivity index (χ1) is 8.61. The van der Waals surface area contributed by atoms with Crippen LogP contribution in [0.3, 0.4) is 0 Å². The Kier molecular flexibility index (Phi) is 3.26. The summed E-state index contributed by atoms with van der Waals surface area (Å²) in [5.74, 6) is -0.917. The van der Waals surface area contributed by atoms with Crippen molar-refractivity contribution in [2.75, 3.05) is 5.32 Å². The van der Waals surface area contributed by atoms with E-state index >= 15 is 0 Å². The molecule has 90 valence electrons. The van der Waals surface area contributed by atoms with Crippen molar-refractivity contribution in [2.45, 2.75) is 0 Å². The SMILES string of the molecule is N#Cc1cn[nH]c1NC(=O)c1ccc(F)cc1Cl. The Morgan fingerprint density at radius 1 is 1.56 bits per heavy atom. The van der Waals surface area contributed by atoms with Crippen molar-refractivity contribution >= 4 is 23.3 Å².